The Morgan fingerprint density at radius 1 is 1.53 bits per heavy atom. The van der Waals surface area contributed by atoms with Gasteiger partial charge in [0.25, 0.3) is 0 Å². The molecule has 0 spiro atoms. The van der Waals surface area contributed by atoms with Crippen LogP contribution in [0.1, 0.15) is 18.9 Å². The maximum Gasteiger partial charge on any atom is 0.119 e. The summed E-state index contributed by atoms with van der Waals surface area (Å²) < 4.78 is 5.43. The predicted octanol–water partition coefficient (Wildman–Crippen LogP) is 2.41. The molecule has 1 atom stereocenters. The van der Waals surface area contributed by atoms with Crippen molar-refractivity contribution in [1.82, 2.24) is 0 Å². The molecule has 0 radical (unpaired) electrons. The van der Waals surface area contributed by atoms with Gasteiger partial charge in [0.1, 0.15) is 5.75 Å². The third kappa shape index (κ3) is 2.29. The van der Waals surface area contributed by atoms with Crippen LogP contribution >= 0.6 is 11.8 Å². The van der Waals surface area contributed by atoms with Crippen molar-refractivity contribution in [3.05, 3.63) is 29.8 Å². The van der Waals surface area contributed by atoms with E-state index in [-0.39, 0.29) is 0 Å². The third-order valence-electron chi connectivity index (χ3n) is 2.68. The molecular weight excluding hydrogens is 208 g/mol. The lowest BCUT2D eigenvalue weighted by Crippen LogP contribution is -2.24. The van der Waals surface area contributed by atoms with Gasteiger partial charge >= 0.3 is 0 Å². The molecule has 1 unspecified atom stereocenters. The van der Waals surface area contributed by atoms with Gasteiger partial charge in [-0.15, -0.1) is 0 Å². The molecule has 0 aliphatic carbocycles. The molecule has 0 saturated carbocycles. The highest BCUT2D eigenvalue weighted by Gasteiger charge is 2.33. The van der Waals surface area contributed by atoms with Crippen LogP contribution in [0, 0.1) is 0 Å². The number of ether oxygens (including phenoxy) is 1. The van der Waals surface area contributed by atoms with E-state index in [1.807, 2.05) is 31.2 Å². The van der Waals surface area contributed by atoms with Crippen molar-refractivity contribution in [3.63, 3.8) is 0 Å². The summed E-state index contributed by atoms with van der Waals surface area (Å²) in [6.45, 7) is 2.63. The molecule has 1 aliphatic rings. The van der Waals surface area contributed by atoms with E-state index in [4.69, 9.17) is 4.74 Å². The van der Waals surface area contributed by atoms with Crippen LogP contribution < -0.4 is 4.74 Å². The highest BCUT2D eigenvalue weighted by atomic mass is 32.2. The molecule has 1 aromatic carbocycles. The van der Waals surface area contributed by atoms with Crippen LogP contribution in [0.2, 0.25) is 0 Å². The summed E-state index contributed by atoms with van der Waals surface area (Å²) in [5.41, 5.74) is 0.344. The second-order valence-corrected chi connectivity index (χ2v) is 4.90. The molecule has 0 aromatic heterocycles. The molecule has 82 valence electrons. The molecule has 2 rings (SSSR count). The minimum Gasteiger partial charge on any atom is -0.494 e. The Balaban J connectivity index is 2.23. The highest BCUT2D eigenvalue weighted by molar-refractivity contribution is 7.99. The summed E-state index contributed by atoms with van der Waals surface area (Å²) in [6, 6.07) is 7.81. The van der Waals surface area contributed by atoms with Crippen LogP contribution in [0.5, 0.6) is 5.75 Å². The largest absolute Gasteiger partial charge is 0.494 e. The minimum absolute atomic E-state index is 0.641. The standard InChI is InChI=1S/C12H16O2S/c1-2-14-11-5-3-4-10(8-11)12(13)6-7-15-9-12/h3-5,8,13H,2,6-7,9H2,1H3. The summed E-state index contributed by atoms with van der Waals surface area (Å²) in [4.78, 5) is 0. The minimum atomic E-state index is -0.641. The fourth-order valence-corrected chi connectivity index (χ4v) is 3.10. The lowest BCUT2D eigenvalue weighted by Gasteiger charge is -2.22. The van der Waals surface area contributed by atoms with E-state index in [1.54, 1.807) is 11.8 Å². The van der Waals surface area contributed by atoms with Crippen LogP contribution in [0.25, 0.3) is 0 Å². The maximum atomic E-state index is 10.4. The Morgan fingerprint density at radius 2 is 2.40 bits per heavy atom. The molecule has 1 saturated heterocycles. The van der Waals surface area contributed by atoms with Gasteiger partial charge in [0.05, 0.1) is 12.2 Å². The Labute approximate surface area is 94.6 Å². The molecule has 3 heteroatoms. The fourth-order valence-electron chi connectivity index (χ4n) is 1.82. The van der Waals surface area contributed by atoms with Gasteiger partial charge in [-0.1, -0.05) is 12.1 Å². The van der Waals surface area contributed by atoms with Crippen molar-refractivity contribution in [2.24, 2.45) is 0 Å². The number of benzene rings is 1. The van der Waals surface area contributed by atoms with Gasteiger partial charge in [-0.25, -0.2) is 0 Å². The van der Waals surface area contributed by atoms with E-state index >= 15 is 0 Å². The van der Waals surface area contributed by atoms with Gasteiger partial charge in [-0.2, -0.15) is 11.8 Å². The van der Waals surface area contributed by atoms with E-state index in [2.05, 4.69) is 0 Å². The van der Waals surface area contributed by atoms with Gasteiger partial charge in [0.2, 0.25) is 0 Å². The zero-order valence-electron chi connectivity index (χ0n) is 8.90. The molecule has 1 heterocycles. The van der Waals surface area contributed by atoms with E-state index in [9.17, 15) is 5.11 Å². The van der Waals surface area contributed by atoms with Crippen LogP contribution in [0.4, 0.5) is 0 Å². The molecule has 1 N–H and O–H groups in total. The zero-order valence-corrected chi connectivity index (χ0v) is 9.72. The monoisotopic (exact) mass is 224 g/mol. The Hall–Kier alpha value is -0.670. The maximum absolute atomic E-state index is 10.4. The van der Waals surface area contributed by atoms with E-state index in [0.29, 0.717) is 6.61 Å². The summed E-state index contributed by atoms with van der Waals surface area (Å²) in [6.07, 6.45) is 0.841. The molecule has 0 bridgehead atoms. The van der Waals surface area contributed by atoms with Crippen molar-refractivity contribution in [2.45, 2.75) is 18.9 Å². The summed E-state index contributed by atoms with van der Waals surface area (Å²) in [7, 11) is 0. The Bertz CT molecular complexity index is 332. The van der Waals surface area contributed by atoms with Gasteiger partial charge < -0.3 is 9.84 Å². The normalized spacial score (nSPS) is 25.5. The average molecular weight is 224 g/mol. The van der Waals surface area contributed by atoms with Crippen LogP contribution in [0.3, 0.4) is 0 Å². The first kappa shape index (κ1) is 10.8. The van der Waals surface area contributed by atoms with Gasteiger partial charge in [-0.3, -0.25) is 0 Å². The fraction of sp³-hybridized carbons (Fsp3) is 0.500. The first-order valence-corrected chi connectivity index (χ1v) is 6.43. The first-order valence-electron chi connectivity index (χ1n) is 5.28. The lowest BCUT2D eigenvalue weighted by atomic mass is 9.93. The Morgan fingerprint density at radius 3 is 3.07 bits per heavy atom. The summed E-state index contributed by atoms with van der Waals surface area (Å²) >= 11 is 1.80. The lowest BCUT2D eigenvalue weighted by molar-refractivity contribution is 0.0655. The number of rotatable bonds is 3. The van der Waals surface area contributed by atoms with Gasteiger partial charge in [0, 0.05) is 5.75 Å². The van der Waals surface area contributed by atoms with Gasteiger partial charge in [-0.05, 0) is 36.8 Å². The zero-order chi connectivity index (χ0) is 10.7. The topological polar surface area (TPSA) is 29.5 Å². The molecule has 2 nitrogen and oxygen atoms in total. The second-order valence-electron chi connectivity index (χ2n) is 3.80. The molecule has 1 fully saturated rings. The third-order valence-corrected chi connectivity index (χ3v) is 3.86. The van der Waals surface area contributed by atoms with Crippen LogP contribution in [0.15, 0.2) is 24.3 Å². The van der Waals surface area contributed by atoms with Crippen molar-refractivity contribution >= 4 is 11.8 Å². The quantitative estimate of drug-likeness (QED) is 0.855. The van der Waals surface area contributed by atoms with Crippen molar-refractivity contribution in [3.8, 4) is 5.75 Å². The highest BCUT2D eigenvalue weighted by Crippen LogP contribution is 2.37. The molecule has 15 heavy (non-hydrogen) atoms. The summed E-state index contributed by atoms with van der Waals surface area (Å²) in [5, 5.41) is 10.4. The van der Waals surface area contributed by atoms with Crippen molar-refractivity contribution < 1.29 is 9.84 Å². The van der Waals surface area contributed by atoms with Crippen molar-refractivity contribution in [1.29, 1.82) is 0 Å². The van der Waals surface area contributed by atoms with Crippen LogP contribution in [-0.2, 0) is 5.60 Å². The van der Waals surface area contributed by atoms with Crippen LogP contribution in [-0.4, -0.2) is 23.2 Å². The van der Waals surface area contributed by atoms with E-state index in [1.165, 1.54) is 0 Å². The second kappa shape index (κ2) is 4.45. The van der Waals surface area contributed by atoms with E-state index in [0.717, 1.165) is 29.2 Å². The average Bonchev–Trinajstić information content (AvgIpc) is 2.68. The van der Waals surface area contributed by atoms with Crippen molar-refractivity contribution in [2.75, 3.05) is 18.1 Å². The van der Waals surface area contributed by atoms with Gasteiger partial charge in [0.15, 0.2) is 0 Å². The molecular formula is C12H16O2S. The number of hydrogen-bond donors (Lipinski definition) is 1. The number of thioether (sulfide) groups is 1. The number of hydrogen-bond acceptors (Lipinski definition) is 3. The SMILES string of the molecule is CCOc1cccc(C2(O)CCSC2)c1. The smallest absolute Gasteiger partial charge is 0.119 e. The van der Waals surface area contributed by atoms with E-state index < -0.39 is 5.60 Å². The molecule has 1 aromatic rings. The summed E-state index contributed by atoms with van der Waals surface area (Å²) in [5.74, 6) is 2.68. The molecule has 0 amide bonds. The predicted molar refractivity (Wildman–Crippen MR) is 63.4 cm³/mol. The number of aliphatic hydroxyl groups is 1. The first-order chi connectivity index (χ1) is 7.24. The Kier molecular flexibility index (Phi) is 3.22. The molecule has 1 aliphatic heterocycles.